The number of nitrogens with one attached hydrogen (secondary N) is 1. The van der Waals surface area contributed by atoms with Crippen molar-refractivity contribution >= 4 is 12.0 Å². The molecule has 0 aliphatic carbocycles. The van der Waals surface area contributed by atoms with Gasteiger partial charge in [-0.2, -0.15) is 0 Å². The third-order valence-electron chi connectivity index (χ3n) is 3.41. The Labute approximate surface area is 150 Å². The van der Waals surface area contributed by atoms with Gasteiger partial charge in [0.1, 0.15) is 11.6 Å². The number of hydrogen-bond acceptors (Lipinski definition) is 4. The molecule has 3 aromatic rings. The van der Waals surface area contributed by atoms with Crippen molar-refractivity contribution in [2.45, 2.75) is 6.54 Å². The monoisotopic (exact) mass is 349 g/mol. The summed E-state index contributed by atoms with van der Waals surface area (Å²) in [5.74, 6) is 0.307. The van der Waals surface area contributed by atoms with Crippen molar-refractivity contribution in [2.75, 3.05) is 0 Å². The summed E-state index contributed by atoms with van der Waals surface area (Å²) in [6.45, 7) is 0.332. The number of rotatable bonds is 6. The Morgan fingerprint density at radius 1 is 1.15 bits per heavy atom. The summed E-state index contributed by atoms with van der Waals surface area (Å²) < 4.78 is 18.5. The number of aromatic nitrogens is 2. The number of amides is 1. The molecule has 5 nitrogen and oxygen atoms in total. The molecular weight excluding hydrogens is 333 g/mol. The average molecular weight is 349 g/mol. The van der Waals surface area contributed by atoms with E-state index in [1.807, 2.05) is 6.07 Å². The van der Waals surface area contributed by atoms with Gasteiger partial charge in [-0.15, -0.1) is 0 Å². The quantitative estimate of drug-likeness (QED) is 0.689. The Morgan fingerprint density at radius 2 is 2.00 bits per heavy atom. The van der Waals surface area contributed by atoms with Gasteiger partial charge in [-0.25, -0.2) is 9.37 Å². The highest BCUT2D eigenvalue weighted by Gasteiger charge is 2.02. The van der Waals surface area contributed by atoms with Gasteiger partial charge >= 0.3 is 0 Å². The van der Waals surface area contributed by atoms with Gasteiger partial charge in [0.25, 0.3) is 0 Å². The second-order valence-corrected chi connectivity index (χ2v) is 5.40. The minimum absolute atomic E-state index is 0.216. The zero-order chi connectivity index (χ0) is 18.2. The molecule has 6 heteroatoms. The maximum Gasteiger partial charge on any atom is 0.244 e. The second-order valence-electron chi connectivity index (χ2n) is 5.40. The van der Waals surface area contributed by atoms with Crippen LogP contribution in [0.1, 0.15) is 11.1 Å². The lowest BCUT2D eigenvalue weighted by atomic mass is 10.2. The lowest BCUT2D eigenvalue weighted by Gasteiger charge is -2.07. The molecule has 0 radical (unpaired) electrons. The lowest BCUT2D eigenvalue weighted by Crippen LogP contribution is -2.20. The Balaban J connectivity index is 1.56. The number of benzene rings is 1. The van der Waals surface area contributed by atoms with E-state index in [2.05, 4.69) is 15.3 Å². The predicted octanol–water partition coefficient (Wildman–Crippen LogP) is 3.74. The highest BCUT2D eigenvalue weighted by Crippen LogP contribution is 2.20. The van der Waals surface area contributed by atoms with Gasteiger partial charge in [0.05, 0.1) is 0 Å². The third kappa shape index (κ3) is 5.24. The van der Waals surface area contributed by atoms with Crippen molar-refractivity contribution in [3.05, 3.63) is 90.1 Å². The molecule has 0 atom stereocenters. The molecule has 26 heavy (non-hydrogen) atoms. The molecule has 2 heterocycles. The molecule has 0 fully saturated rings. The Bertz CT molecular complexity index is 896. The summed E-state index contributed by atoms with van der Waals surface area (Å²) in [5, 5.41) is 2.79. The molecule has 0 unspecified atom stereocenters. The topological polar surface area (TPSA) is 64.1 Å². The van der Waals surface area contributed by atoms with E-state index in [0.717, 1.165) is 11.1 Å². The molecule has 0 bridgehead atoms. The SMILES string of the molecule is O=C(/C=C/c1cccnc1)NCc1ccnc(Oc2ccc(F)cc2)c1. The summed E-state index contributed by atoms with van der Waals surface area (Å²) in [5.41, 5.74) is 1.68. The minimum Gasteiger partial charge on any atom is -0.439 e. The molecule has 1 amide bonds. The van der Waals surface area contributed by atoms with E-state index in [0.29, 0.717) is 18.2 Å². The summed E-state index contributed by atoms with van der Waals surface area (Å²) >= 11 is 0. The smallest absolute Gasteiger partial charge is 0.244 e. The van der Waals surface area contributed by atoms with E-state index >= 15 is 0 Å². The van der Waals surface area contributed by atoms with Crippen LogP contribution in [-0.2, 0) is 11.3 Å². The first-order chi connectivity index (χ1) is 12.7. The van der Waals surface area contributed by atoms with E-state index in [-0.39, 0.29) is 11.7 Å². The van der Waals surface area contributed by atoms with E-state index in [4.69, 9.17) is 4.74 Å². The lowest BCUT2D eigenvalue weighted by molar-refractivity contribution is -0.116. The maximum atomic E-state index is 12.9. The first kappa shape index (κ1) is 17.3. The Morgan fingerprint density at radius 3 is 2.77 bits per heavy atom. The van der Waals surface area contributed by atoms with Gasteiger partial charge in [0.15, 0.2) is 0 Å². The molecule has 0 aliphatic rings. The number of halogens is 1. The Kier molecular flexibility index (Phi) is 5.67. The van der Waals surface area contributed by atoms with E-state index in [1.54, 1.807) is 42.9 Å². The fourth-order valence-corrected chi connectivity index (χ4v) is 2.13. The second kappa shape index (κ2) is 8.53. The standard InChI is InChI=1S/C20H16FN3O2/c21-17-4-6-18(7-5-17)26-20-12-16(9-11-23-20)14-24-19(25)8-3-15-2-1-10-22-13-15/h1-13H,14H2,(H,24,25)/b8-3+. The fourth-order valence-electron chi connectivity index (χ4n) is 2.13. The van der Waals surface area contributed by atoms with Gasteiger partial charge in [0, 0.05) is 37.3 Å². The van der Waals surface area contributed by atoms with Crippen LogP contribution in [0.4, 0.5) is 4.39 Å². The van der Waals surface area contributed by atoms with Crippen molar-refractivity contribution in [2.24, 2.45) is 0 Å². The van der Waals surface area contributed by atoms with E-state index in [1.165, 1.54) is 30.3 Å². The van der Waals surface area contributed by atoms with Gasteiger partial charge in [-0.1, -0.05) is 6.07 Å². The van der Waals surface area contributed by atoms with Gasteiger partial charge in [-0.05, 0) is 53.6 Å². The molecule has 0 saturated heterocycles. The molecule has 1 aromatic carbocycles. The molecular formula is C20H16FN3O2. The largest absolute Gasteiger partial charge is 0.439 e. The first-order valence-electron chi connectivity index (χ1n) is 7.93. The molecule has 0 spiro atoms. The summed E-state index contributed by atoms with van der Waals surface area (Å²) in [6, 6.07) is 12.8. The van der Waals surface area contributed by atoms with Crippen LogP contribution in [0.2, 0.25) is 0 Å². The predicted molar refractivity (Wildman–Crippen MR) is 95.8 cm³/mol. The maximum absolute atomic E-state index is 12.9. The van der Waals surface area contributed by atoms with Crippen LogP contribution >= 0.6 is 0 Å². The number of ether oxygens (including phenoxy) is 1. The van der Waals surface area contributed by atoms with E-state index < -0.39 is 0 Å². The fraction of sp³-hybridized carbons (Fsp3) is 0.0500. The molecule has 0 aliphatic heterocycles. The number of carbonyl (C=O) groups excluding carboxylic acids is 1. The van der Waals surface area contributed by atoms with Gasteiger partial charge < -0.3 is 10.1 Å². The van der Waals surface area contributed by atoms with Crippen molar-refractivity contribution < 1.29 is 13.9 Å². The Hall–Kier alpha value is -3.54. The molecule has 0 saturated carbocycles. The first-order valence-corrected chi connectivity index (χ1v) is 7.93. The van der Waals surface area contributed by atoms with Gasteiger partial charge in [-0.3, -0.25) is 9.78 Å². The van der Waals surface area contributed by atoms with Crippen molar-refractivity contribution in [1.29, 1.82) is 0 Å². The number of nitrogens with zero attached hydrogens (tertiary/aromatic N) is 2. The van der Waals surface area contributed by atoms with Crippen LogP contribution in [0.3, 0.4) is 0 Å². The van der Waals surface area contributed by atoms with Crippen LogP contribution < -0.4 is 10.1 Å². The summed E-state index contributed by atoms with van der Waals surface area (Å²) in [6.07, 6.45) is 8.08. The normalized spacial score (nSPS) is 10.7. The van der Waals surface area contributed by atoms with Crippen LogP contribution in [0, 0.1) is 5.82 Å². The minimum atomic E-state index is -0.332. The highest BCUT2D eigenvalue weighted by atomic mass is 19.1. The van der Waals surface area contributed by atoms with Crippen molar-refractivity contribution in [3.63, 3.8) is 0 Å². The number of carbonyl (C=O) groups is 1. The van der Waals surface area contributed by atoms with Crippen molar-refractivity contribution in [3.8, 4) is 11.6 Å². The molecule has 2 aromatic heterocycles. The molecule has 130 valence electrons. The van der Waals surface area contributed by atoms with Crippen LogP contribution in [0.15, 0.2) is 73.2 Å². The molecule has 3 rings (SSSR count). The zero-order valence-corrected chi connectivity index (χ0v) is 13.8. The van der Waals surface area contributed by atoms with Gasteiger partial charge in [0.2, 0.25) is 11.8 Å². The summed E-state index contributed by atoms with van der Waals surface area (Å²) in [4.78, 5) is 20.0. The van der Waals surface area contributed by atoms with Crippen LogP contribution in [0.5, 0.6) is 11.6 Å². The van der Waals surface area contributed by atoms with Crippen LogP contribution in [0.25, 0.3) is 6.08 Å². The van der Waals surface area contributed by atoms with Crippen LogP contribution in [-0.4, -0.2) is 15.9 Å². The number of pyridine rings is 2. The number of hydrogen-bond donors (Lipinski definition) is 1. The molecule has 1 N–H and O–H groups in total. The highest BCUT2D eigenvalue weighted by molar-refractivity contribution is 5.91. The third-order valence-corrected chi connectivity index (χ3v) is 3.41. The van der Waals surface area contributed by atoms with E-state index in [9.17, 15) is 9.18 Å². The zero-order valence-electron chi connectivity index (χ0n) is 13.8. The summed E-state index contributed by atoms with van der Waals surface area (Å²) in [7, 11) is 0. The van der Waals surface area contributed by atoms with Crippen molar-refractivity contribution in [1.82, 2.24) is 15.3 Å². The average Bonchev–Trinajstić information content (AvgIpc) is 2.68.